The smallest absolute Gasteiger partial charge is 0.332 e. The van der Waals surface area contributed by atoms with Crippen LogP contribution < -0.4 is 16.5 Å². The number of amides is 2. The highest BCUT2D eigenvalue weighted by Crippen LogP contribution is 2.11. The summed E-state index contributed by atoms with van der Waals surface area (Å²) in [5, 5.41) is 7.10. The third-order valence-electron chi connectivity index (χ3n) is 2.85. The fraction of sp³-hybridized carbons (Fsp3) is 0.0625. The van der Waals surface area contributed by atoms with Crippen molar-refractivity contribution < 1.29 is 4.79 Å². The largest absolute Gasteiger partial charge is 0.350 e. The molecule has 0 atom stereocenters. The molecule has 0 heterocycles. The standard InChI is InChI=1S/C16H16N4OS/c1-11-7-9-13(10-8-11)18-15(22)14(19-20-16(17)21)12-5-3-2-4-6-12/h2-10H,1H3,(H,18,22)(H3,17,20,21)/b19-14+. The molecular formula is C16H16N4OS. The predicted octanol–water partition coefficient (Wildman–Crippen LogP) is 2.81. The molecule has 0 aliphatic rings. The molecule has 0 unspecified atom stereocenters. The van der Waals surface area contributed by atoms with E-state index in [1.54, 1.807) is 0 Å². The minimum atomic E-state index is -0.744. The number of nitrogens with two attached hydrogens (primary N) is 1. The van der Waals surface area contributed by atoms with Crippen LogP contribution in [0, 0.1) is 6.92 Å². The van der Waals surface area contributed by atoms with Crippen molar-refractivity contribution >= 4 is 34.6 Å². The molecule has 22 heavy (non-hydrogen) atoms. The van der Waals surface area contributed by atoms with Gasteiger partial charge in [0.25, 0.3) is 0 Å². The van der Waals surface area contributed by atoms with E-state index >= 15 is 0 Å². The van der Waals surface area contributed by atoms with Gasteiger partial charge in [0.2, 0.25) is 0 Å². The normalized spacial score (nSPS) is 10.9. The first-order valence-corrected chi connectivity index (χ1v) is 7.03. The molecule has 0 saturated heterocycles. The zero-order valence-corrected chi connectivity index (χ0v) is 12.9. The Hall–Kier alpha value is -2.73. The molecule has 0 spiro atoms. The number of thiocarbonyl (C=S) groups is 1. The summed E-state index contributed by atoms with van der Waals surface area (Å²) in [7, 11) is 0. The molecule has 2 aromatic rings. The topological polar surface area (TPSA) is 79.5 Å². The summed E-state index contributed by atoms with van der Waals surface area (Å²) in [5.41, 5.74) is 10.5. The number of rotatable bonds is 4. The Labute approximate surface area is 134 Å². The van der Waals surface area contributed by atoms with E-state index < -0.39 is 6.03 Å². The number of carbonyl (C=O) groups is 1. The number of carbonyl (C=O) groups excluding carboxylic acids is 1. The predicted molar refractivity (Wildman–Crippen MR) is 93.1 cm³/mol. The van der Waals surface area contributed by atoms with Gasteiger partial charge in [-0.15, -0.1) is 0 Å². The van der Waals surface area contributed by atoms with Crippen LogP contribution in [0.2, 0.25) is 0 Å². The van der Waals surface area contributed by atoms with Crippen LogP contribution in [0.4, 0.5) is 10.5 Å². The van der Waals surface area contributed by atoms with Crippen LogP contribution in [-0.2, 0) is 0 Å². The van der Waals surface area contributed by atoms with Crippen LogP contribution >= 0.6 is 12.2 Å². The monoisotopic (exact) mass is 312 g/mol. The van der Waals surface area contributed by atoms with Gasteiger partial charge >= 0.3 is 6.03 Å². The molecule has 5 nitrogen and oxygen atoms in total. The quantitative estimate of drug-likeness (QED) is 0.461. The van der Waals surface area contributed by atoms with Crippen molar-refractivity contribution in [1.82, 2.24) is 5.43 Å². The van der Waals surface area contributed by atoms with E-state index in [4.69, 9.17) is 18.0 Å². The lowest BCUT2D eigenvalue weighted by atomic mass is 10.1. The maximum atomic E-state index is 10.9. The lowest BCUT2D eigenvalue weighted by Gasteiger charge is -2.11. The molecule has 0 bridgehead atoms. The first kappa shape index (κ1) is 15.7. The molecule has 0 aromatic heterocycles. The van der Waals surface area contributed by atoms with E-state index in [-0.39, 0.29) is 0 Å². The Morgan fingerprint density at radius 3 is 2.32 bits per heavy atom. The third-order valence-corrected chi connectivity index (χ3v) is 3.15. The van der Waals surface area contributed by atoms with Gasteiger partial charge in [0.05, 0.1) is 0 Å². The van der Waals surface area contributed by atoms with E-state index in [0.29, 0.717) is 10.7 Å². The molecule has 0 saturated carbocycles. The Morgan fingerprint density at radius 2 is 1.73 bits per heavy atom. The van der Waals surface area contributed by atoms with Gasteiger partial charge < -0.3 is 11.1 Å². The lowest BCUT2D eigenvalue weighted by Crippen LogP contribution is -2.30. The van der Waals surface area contributed by atoms with Gasteiger partial charge in [0, 0.05) is 11.3 Å². The van der Waals surface area contributed by atoms with Crippen LogP contribution in [0.1, 0.15) is 11.1 Å². The van der Waals surface area contributed by atoms with Gasteiger partial charge in [-0.25, -0.2) is 10.2 Å². The summed E-state index contributed by atoms with van der Waals surface area (Å²) < 4.78 is 0. The van der Waals surface area contributed by atoms with Crippen LogP contribution in [0.5, 0.6) is 0 Å². The number of benzene rings is 2. The second-order valence-electron chi connectivity index (χ2n) is 4.62. The fourth-order valence-electron chi connectivity index (χ4n) is 1.78. The molecule has 6 heteroatoms. The highest BCUT2D eigenvalue weighted by Gasteiger charge is 2.11. The summed E-state index contributed by atoms with van der Waals surface area (Å²) in [6.45, 7) is 2.01. The second kappa shape index (κ2) is 7.33. The average Bonchev–Trinajstić information content (AvgIpc) is 2.50. The zero-order chi connectivity index (χ0) is 15.9. The second-order valence-corrected chi connectivity index (χ2v) is 5.03. The van der Waals surface area contributed by atoms with Gasteiger partial charge in [-0.1, -0.05) is 60.2 Å². The van der Waals surface area contributed by atoms with Crippen LogP contribution in [0.15, 0.2) is 59.7 Å². The maximum absolute atomic E-state index is 10.9. The minimum Gasteiger partial charge on any atom is -0.350 e. The first-order chi connectivity index (χ1) is 10.6. The third kappa shape index (κ3) is 4.39. The Kier molecular flexibility index (Phi) is 5.21. The van der Waals surface area contributed by atoms with E-state index in [1.807, 2.05) is 61.5 Å². The Bertz CT molecular complexity index is 696. The fourth-order valence-corrected chi connectivity index (χ4v) is 2.06. The molecule has 2 rings (SSSR count). The molecule has 112 valence electrons. The molecule has 0 radical (unpaired) electrons. The highest BCUT2D eigenvalue weighted by atomic mass is 32.1. The Morgan fingerprint density at radius 1 is 1.09 bits per heavy atom. The van der Waals surface area contributed by atoms with Gasteiger partial charge in [-0.2, -0.15) is 5.10 Å². The van der Waals surface area contributed by atoms with Gasteiger partial charge in [-0.05, 0) is 19.1 Å². The van der Waals surface area contributed by atoms with Crippen molar-refractivity contribution in [2.45, 2.75) is 6.92 Å². The zero-order valence-electron chi connectivity index (χ0n) is 12.0. The van der Waals surface area contributed by atoms with E-state index in [2.05, 4.69) is 15.8 Å². The van der Waals surface area contributed by atoms with Crippen LogP contribution in [0.25, 0.3) is 0 Å². The summed E-state index contributed by atoms with van der Waals surface area (Å²) in [4.78, 5) is 11.3. The summed E-state index contributed by atoms with van der Waals surface area (Å²) >= 11 is 5.39. The number of hydrogen-bond donors (Lipinski definition) is 3. The van der Waals surface area contributed by atoms with E-state index in [0.717, 1.165) is 16.8 Å². The summed E-state index contributed by atoms with van der Waals surface area (Å²) in [6, 6.07) is 16.4. The summed E-state index contributed by atoms with van der Waals surface area (Å²) in [6.07, 6.45) is 0. The van der Waals surface area contributed by atoms with Gasteiger partial charge in [-0.3, -0.25) is 0 Å². The van der Waals surface area contributed by atoms with Gasteiger partial charge in [0.15, 0.2) is 0 Å². The van der Waals surface area contributed by atoms with Crippen molar-refractivity contribution in [2.24, 2.45) is 10.8 Å². The number of anilines is 1. The van der Waals surface area contributed by atoms with Crippen molar-refractivity contribution in [2.75, 3.05) is 5.32 Å². The maximum Gasteiger partial charge on any atom is 0.332 e. The number of nitrogens with one attached hydrogen (secondary N) is 2. The number of hydrogen-bond acceptors (Lipinski definition) is 3. The van der Waals surface area contributed by atoms with Crippen molar-refractivity contribution in [3.8, 4) is 0 Å². The number of urea groups is 1. The number of primary amides is 1. The number of aryl methyl sites for hydroxylation is 1. The van der Waals surface area contributed by atoms with Crippen molar-refractivity contribution in [3.63, 3.8) is 0 Å². The van der Waals surface area contributed by atoms with Crippen LogP contribution in [-0.4, -0.2) is 16.7 Å². The molecule has 0 aliphatic carbocycles. The Balaban J connectivity index is 2.24. The van der Waals surface area contributed by atoms with E-state index in [1.165, 1.54) is 0 Å². The minimum absolute atomic E-state index is 0.392. The SMILES string of the molecule is Cc1ccc(NC(=S)/C(=N/NC(N)=O)c2ccccc2)cc1. The van der Waals surface area contributed by atoms with E-state index in [9.17, 15) is 4.79 Å². The number of hydrazone groups is 1. The molecule has 4 N–H and O–H groups in total. The number of nitrogens with zero attached hydrogens (tertiary/aromatic N) is 1. The molecule has 0 aliphatic heterocycles. The molecule has 0 fully saturated rings. The molecular weight excluding hydrogens is 296 g/mol. The van der Waals surface area contributed by atoms with Gasteiger partial charge in [0.1, 0.15) is 10.7 Å². The average molecular weight is 312 g/mol. The van der Waals surface area contributed by atoms with Crippen LogP contribution in [0.3, 0.4) is 0 Å². The first-order valence-electron chi connectivity index (χ1n) is 6.63. The lowest BCUT2D eigenvalue weighted by molar-refractivity contribution is 0.249. The highest BCUT2D eigenvalue weighted by molar-refractivity contribution is 7.82. The van der Waals surface area contributed by atoms with Crippen molar-refractivity contribution in [1.29, 1.82) is 0 Å². The molecule has 2 amide bonds. The summed E-state index contributed by atoms with van der Waals surface area (Å²) in [5.74, 6) is 0. The van der Waals surface area contributed by atoms with Crippen molar-refractivity contribution in [3.05, 3.63) is 65.7 Å². The molecule has 2 aromatic carbocycles.